The zero-order valence-corrected chi connectivity index (χ0v) is 13.0. The van der Waals surface area contributed by atoms with Crippen molar-refractivity contribution >= 4 is 5.82 Å². The van der Waals surface area contributed by atoms with Crippen molar-refractivity contribution in [3.8, 4) is 5.88 Å². The van der Waals surface area contributed by atoms with E-state index in [9.17, 15) is 13.2 Å². The Morgan fingerprint density at radius 1 is 1.24 bits per heavy atom. The summed E-state index contributed by atoms with van der Waals surface area (Å²) in [6.07, 6.45) is -5.47. The molecule has 1 atom stereocenters. The SMILES string of the molecule is CCCNc1cc(OC(C)C(F)(F)F)nc(C(C)(C)C)n1. The quantitative estimate of drug-likeness (QED) is 0.895. The molecule has 0 aliphatic heterocycles. The van der Waals surface area contributed by atoms with Gasteiger partial charge in [-0.15, -0.1) is 0 Å². The molecule has 1 unspecified atom stereocenters. The third-order valence-electron chi connectivity index (χ3n) is 2.69. The van der Waals surface area contributed by atoms with Crippen LogP contribution in [-0.2, 0) is 5.41 Å². The second-order valence-corrected chi connectivity index (χ2v) is 5.89. The Labute approximate surface area is 123 Å². The Hall–Kier alpha value is -1.53. The van der Waals surface area contributed by atoms with Crippen LogP contribution in [0, 0.1) is 0 Å². The maximum Gasteiger partial charge on any atom is 0.425 e. The van der Waals surface area contributed by atoms with Crippen LogP contribution in [0.3, 0.4) is 0 Å². The highest BCUT2D eigenvalue weighted by molar-refractivity contribution is 5.39. The van der Waals surface area contributed by atoms with Gasteiger partial charge in [0.1, 0.15) is 11.6 Å². The van der Waals surface area contributed by atoms with Gasteiger partial charge < -0.3 is 10.1 Å². The Kier molecular flexibility index (Phi) is 5.42. The number of hydrogen-bond donors (Lipinski definition) is 1. The van der Waals surface area contributed by atoms with Crippen molar-refractivity contribution in [2.45, 2.75) is 58.7 Å². The molecule has 1 heterocycles. The molecule has 0 saturated carbocycles. The lowest BCUT2D eigenvalue weighted by Gasteiger charge is -2.21. The molecule has 7 heteroatoms. The largest absolute Gasteiger partial charge is 0.465 e. The van der Waals surface area contributed by atoms with E-state index >= 15 is 0 Å². The molecule has 120 valence electrons. The number of nitrogens with zero attached hydrogens (tertiary/aromatic N) is 2. The minimum Gasteiger partial charge on any atom is -0.465 e. The summed E-state index contributed by atoms with van der Waals surface area (Å²) in [5.41, 5.74) is -0.385. The summed E-state index contributed by atoms with van der Waals surface area (Å²) in [7, 11) is 0. The second-order valence-electron chi connectivity index (χ2n) is 5.89. The van der Waals surface area contributed by atoms with Gasteiger partial charge in [-0.25, -0.2) is 4.98 Å². The fourth-order valence-electron chi connectivity index (χ4n) is 1.41. The molecule has 0 spiro atoms. The topological polar surface area (TPSA) is 47.0 Å². The summed E-state index contributed by atoms with van der Waals surface area (Å²) in [6, 6.07) is 1.40. The molecule has 0 aromatic carbocycles. The van der Waals surface area contributed by atoms with E-state index in [1.165, 1.54) is 6.07 Å². The Bertz CT molecular complexity index is 470. The first-order valence-electron chi connectivity index (χ1n) is 6.91. The molecule has 1 rings (SSSR count). The number of ether oxygens (including phenoxy) is 1. The van der Waals surface area contributed by atoms with E-state index in [0.29, 0.717) is 18.2 Å². The zero-order chi connectivity index (χ0) is 16.3. The predicted octanol–water partition coefficient (Wildman–Crippen LogP) is 3.93. The van der Waals surface area contributed by atoms with Crippen molar-refractivity contribution in [3.63, 3.8) is 0 Å². The summed E-state index contributed by atoms with van der Waals surface area (Å²) in [6.45, 7) is 9.30. The molecule has 0 bridgehead atoms. The lowest BCUT2D eigenvalue weighted by atomic mass is 9.96. The third-order valence-corrected chi connectivity index (χ3v) is 2.69. The normalized spacial score (nSPS) is 13.9. The number of aromatic nitrogens is 2. The molecule has 0 fully saturated rings. The van der Waals surface area contributed by atoms with E-state index in [4.69, 9.17) is 4.74 Å². The lowest BCUT2D eigenvalue weighted by Crippen LogP contribution is -2.32. The van der Waals surface area contributed by atoms with Crippen LogP contribution in [-0.4, -0.2) is 28.8 Å². The van der Waals surface area contributed by atoms with Crippen molar-refractivity contribution in [2.75, 3.05) is 11.9 Å². The van der Waals surface area contributed by atoms with Crippen molar-refractivity contribution < 1.29 is 17.9 Å². The van der Waals surface area contributed by atoms with Crippen LogP contribution in [0.4, 0.5) is 19.0 Å². The van der Waals surface area contributed by atoms with Gasteiger partial charge in [0.2, 0.25) is 5.88 Å². The number of anilines is 1. The predicted molar refractivity (Wildman–Crippen MR) is 75.7 cm³/mol. The van der Waals surface area contributed by atoms with Gasteiger partial charge in [-0.1, -0.05) is 27.7 Å². The molecule has 0 saturated heterocycles. The molecule has 0 aliphatic carbocycles. The maximum absolute atomic E-state index is 12.6. The van der Waals surface area contributed by atoms with Crippen LogP contribution in [0.1, 0.15) is 46.9 Å². The van der Waals surface area contributed by atoms with Gasteiger partial charge in [-0.2, -0.15) is 18.2 Å². The van der Waals surface area contributed by atoms with E-state index < -0.39 is 12.3 Å². The van der Waals surface area contributed by atoms with Crippen LogP contribution in [0.15, 0.2) is 6.07 Å². The van der Waals surface area contributed by atoms with E-state index in [2.05, 4.69) is 15.3 Å². The standard InChI is InChI=1S/C14H22F3N3O/c1-6-7-18-10-8-11(21-9(2)14(15,16)17)20-12(19-10)13(3,4)5/h8-9H,6-7H2,1-5H3,(H,18,19,20). The Morgan fingerprint density at radius 2 is 1.86 bits per heavy atom. The zero-order valence-electron chi connectivity index (χ0n) is 13.0. The molecule has 1 aromatic rings. The first-order valence-corrected chi connectivity index (χ1v) is 6.91. The van der Waals surface area contributed by atoms with Gasteiger partial charge in [0.25, 0.3) is 0 Å². The highest BCUT2D eigenvalue weighted by Crippen LogP contribution is 2.27. The summed E-state index contributed by atoms with van der Waals surface area (Å²) < 4.78 is 42.7. The maximum atomic E-state index is 12.6. The Morgan fingerprint density at radius 3 is 2.33 bits per heavy atom. The van der Waals surface area contributed by atoms with Crippen LogP contribution in [0.2, 0.25) is 0 Å². The number of hydrogen-bond acceptors (Lipinski definition) is 4. The van der Waals surface area contributed by atoms with Gasteiger partial charge in [0, 0.05) is 18.0 Å². The monoisotopic (exact) mass is 305 g/mol. The smallest absolute Gasteiger partial charge is 0.425 e. The number of alkyl halides is 3. The summed E-state index contributed by atoms with van der Waals surface area (Å²) in [4.78, 5) is 8.42. The van der Waals surface area contributed by atoms with Crippen molar-refractivity contribution in [3.05, 3.63) is 11.9 Å². The van der Waals surface area contributed by atoms with Crippen LogP contribution in [0.5, 0.6) is 5.88 Å². The summed E-state index contributed by atoms with van der Waals surface area (Å²) in [5, 5.41) is 3.05. The molecular weight excluding hydrogens is 283 g/mol. The van der Waals surface area contributed by atoms with Gasteiger partial charge in [0.05, 0.1) is 0 Å². The average Bonchev–Trinajstić information content (AvgIpc) is 2.34. The minimum absolute atomic E-state index is 0.0710. The number of halogens is 3. The molecular formula is C14H22F3N3O. The molecule has 0 radical (unpaired) electrons. The summed E-state index contributed by atoms with van der Waals surface area (Å²) in [5.74, 6) is 0.840. The number of rotatable bonds is 5. The highest BCUT2D eigenvalue weighted by Gasteiger charge is 2.38. The third kappa shape index (κ3) is 5.40. The highest BCUT2D eigenvalue weighted by atomic mass is 19.4. The average molecular weight is 305 g/mol. The first-order chi connectivity index (χ1) is 9.54. The first kappa shape index (κ1) is 17.5. The molecule has 1 N–H and O–H groups in total. The van der Waals surface area contributed by atoms with Crippen LogP contribution in [0.25, 0.3) is 0 Å². The van der Waals surface area contributed by atoms with E-state index in [0.717, 1.165) is 13.3 Å². The fourth-order valence-corrected chi connectivity index (χ4v) is 1.41. The number of nitrogens with one attached hydrogen (secondary N) is 1. The van der Waals surface area contributed by atoms with Crippen LogP contribution < -0.4 is 10.1 Å². The van der Waals surface area contributed by atoms with Gasteiger partial charge in [0.15, 0.2) is 6.10 Å². The molecule has 0 aliphatic rings. The van der Waals surface area contributed by atoms with Crippen molar-refractivity contribution in [2.24, 2.45) is 0 Å². The molecule has 21 heavy (non-hydrogen) atoms. The minimum atomic E-state index is -4.43. The molecule has 4 nitrogen and oxygen atoms in total. The van der Waals surface area contributed by atoms with E-state index in [1.807, 2.05) is 27.7 Å². The Balaban J connectivity index is 3.07. The van der Waals surface area contributed by atoms with E-state index in [1.54, 1.807) is 0 Å². The fraction of sp³-hybridized carbons (Fsp3) is 0.714. The second kappa shape index (κ2) is 6.49. The van der Waals surface area contributed by atoms with Crippen LogP contribution >= 0.6 is 0 Å². The van der Waals surface area contributed by atoms with Crippen molar-refractivity contribution in [1.82, 2.24) is 9.97 Å². The van der Waals surface area contributed by atoms with E-state index in [-0.39, 0.29) is 11.3 Å². The molecule has 1 aromatic heterocycles. The lowest BCUT2D eigenvalue weighted by molar-refractivity contribution is -0.190. The summed E-state index contributed by atoms with van der Waals surface area (Å²) >= 11 is 0. The van der Waals surface area contributed by atoms with Crippen molar-refractivity contribution in [1.29, 1.82) is 0 Å². The van der Waals surface area contributed by atoms with Gasteiger partial charge in [-0.3, -0.25) is 0 Å². The van der Waals surface area contributed by atoms with Gasteiger partial charge >= 0.3 is 6.18 Å². The molecule has 0 amide bonds. The van der Waals surface area contributed by atoms with Gasteiger partial charge in [-0.05, 0) is 13.3 Å².